The topological polar surface area (TPSA) is 84.3 Å². The Morgan fingerprint density at radius 1 is 1.31 bits per heavy atom. The molecule has 1 aromatic carbocycles. The van der Waals surface area contributed by atoms with Gasteiger partial charge in [0.2, 0.25) is 0 Å². The number of halogens is 1. The lowest BCUT2D eigenvalue weighted by atomic mass is 10.1. The Morgan fingerprint density at radius 3 is 2.81 bits per heavy atom. The SMILES string of the molecule is O=C(O)c1nnc(NC2CCCOC2)c2cc(-c3ccc(Br)cc3)sc12. The van der Waals surface area contributed by atoms with Crippen molar-refractivity contribution in [1.82, 2.24) is 10.2 Å². The van der Waals surface area contributed by atoms with Gasteiger partial charge in [-0.15, -0.1) is 21.5 Å². The van der Waals surface area contributed by atoms with Crippen molar-refractivity contribution in [3.8, 4) is 10.4 Å². The maximum absolute atomic E-state index is 11.6. The van der Waals surface area contributed by atoms with E-state index in [0.29, 0.717) is 17.1 Å². The second-order valence-electron chi connectivity index (χ2n) is 6.12. The summed E-state index contributed by atoms with van der Waals surface area (Å²) in [6.07, 6.45) is 1.99. The average Bonchev–Trinajstić information content (AvgIpc) is 3.09. The minimum absolute atomic E-state index is 0.0150. The standard InChI is InChI=1S/C18H16BrN3O3S/c19-11-5-3-10(4-6-11)14-8-13-16(26-14)15(18(23)24)21-22-17(13)20-12-2-1-7-25-9-12/h3-6,8,12H,1-2,7,9H2,(H,20,22)(H,23,24). The fraction of sp³-hybridized carbons (Fsp3) is 0.278. The Labute approximate surface area is 162 Å². The third-order valence-electron chi connectivity index (χ3n) is 4.28. The number of thiophene rings is 1. The van der Waals surface area contributed by atoms with Crippen LogP contribution in [0.25, 0.3) is 20.5 Å². The second-order valence-corrected chi connectivity index (χ2v) is 8.09. The number of aromatic carboxylic acids is 1. The lowest BCUT2D eigenvalue weighted by molar-refractivity contribution is 0.0692. The molecule has 1 aliphatic rings. The van der Waals surface area contributed by atoms with Gasteiger partial charge in [0.1, 0.15) is 0 Å². The van der Waals surface area contributed by atoms with Crippen LogP contribution in [0.2, 0.25) is 0 Å². The third-order valence-corrected chi connectivity index (χ3v) is 6.00. The van der Waals surface area contributed by atoms with Crippen molar-refractivity contribution in [3.63, 3.8) is 0 Å². The minimum atomic E-state index is -1.07. The average molecular weight is 434 g/mol. The highest BCUT2D eigenvalue weighted by molar-refractivity contribution is 9.10. The van der Waals surface area contributed by atoms with Crippen LogP contribution in [0, 0.1) is 0 Å². The summed E-state index contributed by atoms with van der Waals surface area (Å²) in [5.74, 6) is -0.459. The molecule has 26 heavy (non-hydrogen) atoms. The normalized spacial score (nSPS) is 17.3. The molecule has 0 bridgehead atoms. The fourth-order valence-corrected chi connectivity index (χ4v) is 4.40. The number of nitrogens with zero attached hydrogens (tertiary/aromatic N) is 2. The molecule has 1 atom stereocenters. The second kappa shape index (κ2) is 7.30. The Morgan fingerprint density at radius 2 is 2.12 bits per heavy atom. The van der Waals surface area contributed by atoms with Crippen LogP contribution in [-0.2, 0) is 4.74 Å². The molecule has 3 aromatic rings. The zero-order chi connectivity index (χ0) is 18.1. The van der Waals surface area contributed by atoms with Crippen molar-refractivity contribution < 1.29 is 14.6 Å². The minimum Gasteiger partial charge on any atom is -0.476 e. The molecule has 134 valence electrons. The highest BCUT2D eigenvalue weighted by Crippen LogP contribution is 2.38. The Bertz CT molecular complexity index is 952. The number of ether oxygens (including phenoxy) is 1. The van der Waals surface area contributed by atoms with Crippen LogP contribution in [0.1, 0.15) is 23.3 Å². The van der Waals surface area contributed by atoms with Crippen LogP contribution in [0.15, 0.2) is 34.8 Å². The van der Waals surface area contributed by atoms with Gasteiger partial charge >= 0.3 is 5.97 Å². The number of nitrogens with one attached hydrogen (secondary N) is 1. The van der Waals surface area contributed by atoms with Crippen molar-refractivity contribution >= 4 is 49.1 Å². The molecule has 1 unspecified atom stereocenters. The van der Waals surface area contributed by atoms with Gasteiger partial charge in [-0.2, -0.15) is 0 Å². The molecule has 0 aliphatic carbocycles. The van der Waals surface area contributed by atoms with Crippen LogP contribution >= 0.6 is 27.3 Å². The van der Waals surface area contributed by atoms with E-state index in [1.807, 2.05) is 30.3 Å². The first kappa shape index (κ1) is 17.4. The molecule has 2 N–H and O–H groups in total. The lowest BCUT2D eigenvalue weighted by Gasteiger charge is -2.23. The molecule has 4 rings (SSSR count). The number of hydrogen-bond donors (Lipinski definition) is 2. The summed E-state index contributed by atoms with van der Waals surface area (Å²) >= 11 is 4.85. The number of carboxylic acids is 1. The molecule has 1 fully saturated rings. The first-order chi connectivity index (χ1) is 12.6. The molecule has 6 nitrogen and oxygen atoms in total. The number of fused-ring (bicyclic) bond motifs is 1. The molecule has 0 radical (unpaired) electrons. The van der Waals surface area contributed by atoms with Gasteiger partial charge in [0.05, 0.1) is 17.3 Å². The monoisotopic (exact) mass is 433 g/mol. The van der Waals surface area contributed by atoms with Gasteiger partial charge in [0.25, 0.3) is 0 Å². The highest BCUT2D eigenvalue weighted by Gasteiger charge is 2.21. The predicted molar refractivity (Wildman–Crippen MR) is 105 cm³/mol. The van der Waals surface area contributed by atoms with Crippen LogP contribution in [0.3, 0.4) is 0 Å². The van der Waals surface area contributed by atoms with E-state index in [2.05, 4.69) is 31.4 Å². The first-order valence-electron chi connectivity index (χ1n) is 8.25. The summed E-state index contributed by atoms with van der Waals surface area (Å²) in [6, 6.07) is 10.1. The number of carboxylic acid groups (broad SMARTS) is 1. The van der Waals surface area contributed by atoms with Crippen LogP contribution in [-0.4, -0.2) is 40.5 Å². The van der Waals surface area contributed by atoms with E-state index in [1.165, 1.54) is 11.3 Å². The van der Waals surface area contributed by atoms with Crippen molar-refractivity contribution in [1.29, 1.82) is 0 Å². The van der Waals surface area contributed by atoms with E-state index in [0.717, 1.165) is 39.7 Å². The summed E-state index contributed by atoms with van der Waals surface area (Å²) in [4.78, 5) is 12.5. The number of aromatic nitrogens is 2. The number of carbonyl (C=O) groups is 1. The molecule has 2 aromatic heterocycles. The number of hydrogen-bond acceptors (Lipinski definition) is 6. The van der Waals surface area contributed by atoms with Gasteiger partial charge in [-0.05, 0) is 36.6 Å². The quantitative estimate of drug-likeness (QED) is 0.633. The molecular weight excluding hydrogens is 418 g/mol. The molecule has 1 saturated heterocycles. The Hall–Kier alpha value is -2.03. The van der Waals surface area contributed by atoms with Gasteiger partial charge in [-0.3, -0.25) is 0 Å². The molecule has 0 amide bonds. The van der Waals surface area contributed by atoms with Crippen molar-refractivity contribution in [2.45, 2.75) is 18.9 Å². The van der Waals surface area contributed by atoms with Gasteiger partial charge < -0.3 is 15.2 Å². The summed E-state index contributed by atoms with van der Waals surface area (Å²) in [7, 11) is 0. The molecule has 8 heteroatoms. The van der Waals surface area contributed by atoms with Crippen LogP contribution < -0.4 is 5.32 Å². The molecule has 3 heterocycles. The largest absolute Gasteiger partial charge is 0.476 e. The number of anilines is 1. The van der Waals surface area contributed by atoms with Gasteiger partial charge in [-0.25, -0.2) is 4.79 Å². The van der Waals surface area contributed by atoms with Gasteiger partial charge in [0, 0.05) is 21.3 Å². The van der Waals surface area contributed by atoms with Crippen molar-refractivity contribution in [2.24, 2.45) is 0 Å². The molecule has 1 aliphatic heterocycles. The van der Waals surface area contributed by atoms with E-state index in [1.54, 1.807) is 0 Å². The maximum Gasteiger partial charge on any atom is 0.357 e. The van der Waals surface area contributed by atoms with Gasteiger partial charge in [0.15, 0.2) is 11.5 Å². The fourth-order valence-electron chi connectivity index (χ4n) is 2.99. The Kier molecular flexibility index (Phi) is 4.88. The van der Waals surface area contributed by atoms with E-state index >= 15 is 0 Å². The van der Waals surface area contributed by atoms with E-state index < -0.39 is 5.97 Å². The summed E-state index contributed by atoms with van der Waals surface area (Å²) in [6.45, 7) is 1.40. The van der Waals surface area contributed by atoms with Crippen molar-refractivity contribution in [2.75, 3.05) is 18.5 Å². The van der Waals surface area contributed by atoms with Crippen LogP contribution in [0.4, 0.5) is 5.82 Å². The van der Waals surface area contributed by atoms with E-state index in [-0.39, 0.29) is 11.7 Å². The lowest BCUT2D eigenvalue weighted by Crippen LogP contribution is -2.30. The van der Waals surface area contributed by atoms with E-state index in [9.17, 15) is 9.90 Å². The molecular formula is C18H16BrN3O3S. The molecule has 0 spiro atoms. The first-order valence-corrected chi connectivity index (χ1v) is 9.86. The van der Waals surface area contributed by atoms with Crippen LogP contribution in [0.5, 0.6) is 0 Å². The van der Waals surface area contributed by atoms with Gasteiger partial charge in [-0.1, -0.05) is 28.1 Å². The number of benzene rings is 1. The highest BCUT2D eigenvalue weighted by atomic mass is 79.9. The zero-order valence-electron chi connectivity index (χ0n) is 13.7. The third kappa shape index (κ3) is 3.44. The van der Waals surface area contributed by atoms with E-state index in [4.69, 9.17) is 4.74 Å². The summed E-state index contributed by atoms with van der Waals surface area (Å²) in [5.41, 5.74) is 1.01. The number of rotatable bonds is 4. The Balaban J connectivity index is 1.78. The molecule has 0 saturated carbocycles. The summed E-state index contributed by atoms with van der Waals surface area (Å²) < 4.78 is 7.13. The van der Waals surface area contributed by atoms with Crippen molar-refractivity contribution in [3.05, 3.63) is 40.5 Å². The predicted octanol–water partition coefficient (Wildman–Crippen LogP) is 4.41. The smallest absolute Gasteiger partial charge is 0.357 e. The zero-order valence-corrected chi connectivity index (χ0v) is 16.1. The summed E-state index contributed by atoms with van der Waals surface area (Å²) in [5, 5.41) is 21.7. The maximum atomic E-state index is 11.6.